The maximum atomic E-state index is 5.86. The summed E-state index contributed by atoms with van der Waals surface area (Å²) in [6.07, 6.45) is 1.84. The summed E-state index contributed by atoms with van der Waals surface area (Å²) in [4.78, 5) is 5.95. The van der Waals surface area contributed by atoms with E-state index in [-0.39, 0.29) is 0 Å². The van der Waals surface area contributed by atoms with E-state index in [1.54, 1.807) is 11.3 Å². The maximum absolute atomic E-state index is 5.86. The van der Waals surface area contributed by atoms with Crippen molar-refractivity contribution in [3.8, 4) is 5.75 Å². The minimum atomic E-state index is 0.673. The number of rotatable bonds is 6. The number of nitrogens with zero attached hydrogens (tertiary/aromatic N) is 1. The zero-order valence-electron chi connectivity index (χ0n) is 12.3. The van der Waals surface area contributed by atoms with Crippen LogP contribution in [-0.2, 0) is 18.6 Å². The number of benzene rings is 1. The van der Waals surface area contributed by atoms with Crippen LogP contribution in [0.25, 0.3) is 0 Å². The molecule has 1 aromatic carbocycles. The third kappa shape index (κ3) is 3.76. The number of ether oxygens (including phenoxy) is 1. The zero-order chi connectivity index (χ0) is 14.5. The van der Waals surface area contributed by atoms with Crippen LogP contribution >= 0.6 is 24.0 Å². The highest BCUT2D eigenvalue weighted by Gasteiger charge is 2.08. The van der Waals surface area contributed by atoms with Crippen molar-refractivity contribution < 1.29 is 4.74 Å². The molecule has 0 atom stereocenters. The van der Waals surface area contributed by atoms with Gasteiger partial charge in [-0.15, -0.1) is 11.3 Å². The molecule has 1 aromatic heterocycles. The second kappa shape index (κ2) is 7.14. The summed E-state index contributed by atoms with van der Waals surface area (Å²) in [5, 5.41) is 1.15. The average molecular weight is 307 g/mol. The van der Waals surface area contributed by atoms with Gasteiger partial charge in [0.1, 0.15) is 5.75 Å². The molecule has 0 radical (unpaired) electrons. The Morgan fingerprint density at radius 2 is 2.10 bits per heavy atom. The van der Waals surface area contributed by atoms with Crippen LogP contribution in [0.4, 0.5) is 0 Å². The average Bonchev–Trinajstić information content (AvgIpc) is 2.83. The first-order valence-corrected chi connectivity index (χ1v) is 8.37. The molecule has 2 nitrogen and oxygen atoms in total. The van der Waals surface area contributed by atoms with Crippen LogP contribution in [-0.4, -0.2) is 11.6 Å². The molecule has 2 aromatic rings. The molecule has 0 bridgehead atoms. The largest absolute Gasteiger partial charge is 0.493 e. The smallest absolute Gasteiger partial charge is 0.122 e. The first kappa shape index (κ1) is 15.4. The summed E-state index contributed by atoms with van der Waals surface area (Å²) in [6, 6.07) is 6.27. The fourth-order valence-electron chi connectivity index (χ4n) is 2.15. The van der Waals surface area contributed by atoms with Gasteiger partial charge in [0.05, 0.1) is 17.3 Å². The summed E-state index contributed by atoms with van der Waals surface area (Å²) in [5.74, 6) is 1.75. The van der Waals surface area contributed by atoms with Crippen LogP contribution in [0.5, 0.6) is 5.75 Å². The molecule has 4 heteroatoms. The Bertz CT molecular complexity index is 556. The lowest BCUT2D eigenvalue weighted by molar-refractivity contribution is 0.319. The highest BCUT2D eigenvalue weighted by Crippen LogP contribution is 2.23. The molecule has 0 spiro atoms. The van der Waals surface area contributed by atoms with E-state index in [1.165, 1.54) is 21.7 Å². The van der Waals surface area contributed by atoms with Gasteiger partial charge in [-0.2, -0.15) is 12.6 Å². The van der Waals surface area contributed by atoms with Gasteiger partial charge in [0, 0.05) is 17.1 Å². The van der Waals surface area contributed by atoms with Crippen molar-refractivity contribution in [2.24, 2.45) is 0 Å². The minimum Gasteiger partial charge on any atom is -0.493 e. The number of thiazole rings is 1. The molecule has 0 aliphatic rings. The van der Waals surface area contributed by atoms with Crippen LogP contribution in [0.15, 0.2) is 18.2 Å². The number of hydrogen-bond acceptors (Lipinski definition) is 4. The highest BCUT2D eigenvalue weighted by atomic mass is 32.1. The van der Waals surface area contributed by atoms with E-state index in [0.29, 0.717) is 6.61 Å². The van der Waals surface area contributed by atoms with Crippen LogP contribution in [0.1, 0.15) is 33.6 Å². The Hall–Kier alpha value is -1.00. The van der Waals surface area contributed by atoms with Crippen LogP contribution < -0.4 is 4.74 Å². The molecule has 0 N–H and O–H groups in total. The van der Waals surface area contributed by atoms with Crippen molar-refractivity contribution in [3.63, 3.8) is 0 Å². The van der Waals surface area contributed by atoms with E-state index in [1.807, 2.05) is 6.07 Å². The summed E-state index contributed by atoms with van der Waals surface area (Å²) < 4.78 is 5.86. The lowest BCUT2D eigenvalue weighted by atomic mass is 10.1. The fourth-order valence-corrected chi connectivity index (χ4v) is 3.53. The Balaban J connectivity index is 1.94. The SMILES string of the molecule is CCc1nc(CCOc2ccc(C)cc2C)sc1CS. The van der Waals surface area contributed by atoms with Crippen molar-refractivity contribution in [2.75, 3.05) is 6.61 Å². The van der Waals surface area contributed by atoms with Gasteiger partial charge in [-0.25, -0.2) is 4.98 Å². The van der Waals surface area contributed by atoms with E-state index in [0.717, 1.165) is 29.4 Å². The lowest BCUT2D eigenvalue weighted by Crippen LogP contribution is -2.02. The van der Waals surface area contributed by atoms with E-state index < -0.39 is 0 Å². The van der Waals surface area contributed by atoms with Gasteiger partial charge >= 0.3 is 0 Å². The number of aryl methyl sites for hydroxylation is 3. The van der Waals surface area contributed by atoms with Crippen molar-refractivity contribution in [2.45, 2.75) is 39.4 Å². The van der Waals surface area contributed by atoms with Gasteiger partial charge in [0.2, 0.25) is 0 Å². The molecule has 0 fully saturated rings. The Labute approximate surface area is 130 Å². The first-order chi connectivity index (χ1) is 9.63. The molecule has 0 aliphatic carbocycles. The maximum Gasteiger partial charge on any atom is 0.122 e. The van der Waals surface area contributed by atoms with E-state index in [2.05, 4.69) is 50.5 Å². The molecular formula is C16H21NOS2. The standard InChI is InChI=1S/C16H21NOS2/c1-4-13-15(10-19)20-16(17-13)7-8-18-14-6-5-11(2)9-12(14)3/h5-6,9,19H,4,7-8,10H2,1-3H3. The normalized spacial score (nSPS) is 10.8. The van der Waals surface area contributed by atoms with Crippen LogP contribution in [0, 0.1) is 13.8 Å². The topological polar surface area (TPSA) is 22.1 Å². The van der Waals surface area contributed by atoms with Crippen molar-refractivity contribution in [1.29, 1.82) is 0 Å². The van der Waals surface area contributed by atoms with Crippen LogP contribution in [0.3, 0.4) is 0 Å². The van der Waals surface area contributed by atoms with Gasteiger partial charge in [-0.1, -0.05) is 24.6 Å². The minimum absolute atomic E-state index is 0.673. The van der Waals surface area contributed by atoms with E-state index >= 15 is 0 Å². The van der Waals surface area contributed by atoms with Crippen molar-refractivity contribution in [1.82, 2.24) is 4.98 Å². The first-order valence-electron chi connectivity index (χ1n) is 6.92. The van der Waals surface area contributed by atoms with Crippen molar-refractivity contribution in [3.05, 3.63) is 44.9 Å². The predicted octanol–water partition coefficient (Wildman–Crippen LogP) is 4.37. The van der Waals surface area contributed by atoms with Gasteiger partial charge in [0.25, 0.3) is 0 Å². The molecule has 0 aliphatic heterocycles. The third-order valence-corrected chi connectivity index (χ3v) is 4.89. The lowest BCUT2D eigenvalue weighted by Gasteiger charge is -2.08. The quantitative estimate of drug-likeness (QED) is 0.800. The summed E-state index contributed by atoms with van der Waals surface area (Å²) in [7, 11) is 0. The third-order valence-electron chi connectivity index (χ3n) is 3.20. The Morgan fingerprint density at radius 1 is 1.30 bits per heavy atom. The van der Waals surface area contributed by atoms with Gasteiger partial charge in [-0.3, -0.25) is 0 Å². The highest BCUT2D eigenvalue weighted by molar-refractivity contribution is 7.79. The van der Waals surface area contributed by atoms with Gasteiger partial charge in [0.15, 0.2) is 0 Å². The molecular weight excluding hydrogens is 286 g/mol. The number of hydrogen-bond donors (Lipinski definition) is 1. The summed E-state index contributed by atoms with van der Waals surface area (Å²) >= 11 is 6.12. The Kier molecular flexibility index (Phi) is 5.49. The molecule has 0 saturated carbocycles. The van der Waals surface area contributed by atoms with E-state index in [4.69, 9.17) is 4.74 Å². The molecule has 0 saturated heterocycles. The van der Waals surface area contributed by atoms with Crippen LogP contribution in [0.2, 0.25) is 0 Å². The molecule has 108 valence electrons. The molecule has 20 heavy (non-hydrogen) atoms. The fraction of sp³-hybridized carbons (Fsp3) is 0.438. The van der Waals surface area contributed by atoms with Gasteiger partial charge < -0.3 is 4.74 Å². The molecule has 0 unspecified atom stereocenters. The molecule has 1 heterocycles. The molecule has 2 rings (SSSR count). The van der Waals surface area contributed by atoms with E-state index in [9.17, 15) is 0 Å². The second-order valence-electron chi connectivity index (χ2n) is 4.86. The predicted molar refractivity (Wildman–Crippen MR) is 89.3 cm³/mol. The number of thiol groups is 1. The summed E-state index contributed by atoms with van der Waals surface area (Å²) in [5.41, 5.74) is 3.64. The second-order valence-corrected chi connectivity index (χ2v) is 6.34. The molecule has 0 amide bonds. The number of aromatic nitrogens is 1. The van der Waals surface area contributed by atoms with Gasteiger partial charge in [-0.05, 0) is 31.9 Å². The summed E-state index contributed by atoms with van der Waals surface area (Å²) in [6.45, 7) is 6.99. The monoisotopic (exact) mass is 307 g/mol. The Morgan fingerprint density at radius 3 is 2.70 bits per heavy atom. The zero-order valence-corrected chi connectivity index (χ0v) is 14.0. The van der Waals surface area contributed by atoms with Crippen molar-refractivity contribution >= 4 is 24.0 Å².